The average Bonchev–Trinajstić information content (AvgIpc) is 2.73. The Balaban J connectivity index is 1.78. The zero-order valence-corrected chi connectivity index (χ0v) is 18.1. The van der Waals surface area contributed by atoms with Crippen LogP contribution in [0.1, 0.15) is 0 Å². The number of carboxylic acid groups (broad SMARTS) is 1. The standard InChI is InChI=1S/C22H19ClO5S2/c23-18-10-6-16(7-11-18)17-8-12-20(13-9-17)30(27,28)15-22(26,21(24)25)14-29-19-4-2-1-3-5-19/h1-13,26H,14-15H2,(H,24,25)/t22-/m1/s1. The molecule has 156 valence electrons. The summed E-state index contributed by atoms with van der Waals surface area (Å²) in [7, 11) is -4.04. The lowest BCUT2D eigenvalue weighted by Gasteiger charge is -2.23. The Bertz CT molecular complexity index is 1110. The Kier molecular flexibility index (Phi) is 6.88. The van der Waals surface area contributed by atoms with E-state index >= 15 is 0 Å². The summed E-state index contributed by atoms with van der Waals surface area (Å²) in [6, 6.07) is 22.1. The molecule has 0 spiro atoms. The summed E-state index contributed by atoms with van der Waals surface area (Å²) >= 11 is 6.97. The fourth-order valence-corrected chi connectivity index (χ4v) is 5.59. The van der Waals surface area contributed by atoms with Crippen LogP contribution in [0.25, 0.3) is 11.1 Å². The van der Waals surface area contributed by atoms with Crippen LogP contribution < -0.4 is 0 Å². The van der Waals surface area contributed by atoms with Crippen LogP contribution in [0.4, 0.5) is 0 Å². The van der Waals surface area contributed by atoms with E-state index in [0.29, 0.717) is 5.02 Å². The summed E-state index contributed by atoms with van der Waals surface area (Å²) < 4.78 is 25.6. The van der Waals surface area contributed by atoms with Gasteiger partial charge in [-0.3, -0.25) is 0 Å². The SMILES string of the molecule is O=C(O)[C@@](O)(CSc1ccccc1)CS(=O)(=O)c1ccc(-c2ccc(Cl)cc2)cc1. The fraction of sp³-hybridized carbons (Fsp3) is 0.136. The molecule has 0 heterocycles. The molecule has 0 saturated carbocycles. The van der Waals surface area contributed by atoms with Gasteiger partial charge in [-0.25, -0.2) is 13.2 Å². The summed E-state index contributed by atoms with van der Waals surface area (Å²) in [6.45, 7) is 0. The first kappa shape index (κ1) is 22.4. The number of hydrogen-bond donors (Lipinski definition) is 2. The number of halogens is 1. The highest BCUT2D eigenvalue weighted by molar-refractivity contribution is 7.99. The molecule has 0 amide bonds. The minimum absolute atomic E-state index is 0.0513. The van der Waals surface area contributed by atoms with Gasteiger partial charge in [-0.15, -0.1) is 11.8 Å². The van der Waals surface area contributed by atoms with Gasteiger partial charge in [0.05, 0.1) is 10.6 Å². The molecule has 1 atom stereocenters. The van der Waals surface area contributed by atoms with E-state index in [1.54, 1.807) is 48.5 Å². The minimum Gasteiger partial charge on any atom is -0.479 e. The van der Waals surface area contributed by atoms with Crippen molar-refractivity contribution in [1.82, 2.24) is 0 Å². The lowest BCUT2D eigenvalue weighted by molar-refractivity contribution is -0.153. The second kappa shape index (κ2) is 9.22. The third-order valence-electron chi connectivity index (χ3n) is 4.44. The summed E-state index contributed by atoms with van der Waals surface area (Å²) in [5, 5.41) is 20.7. The molecule has 0 aliphatic rings. The summed E-state index contributed by atoms with van der Waals surface area (Å²) in [5.74, 6) is -2.79. The average molecular weight is 463 g/mol. The van der Waals surface area contributed by atoms with E-state index < -0.39 is 27.2 Å². The van der Waals surface area contributed by atoms with Crippen molar-refractivity contribution in [2.45, 2.75) is 15.4 Å². The Labute approximate surface area is 184 Å². The maximum absolute atomic E-state index is 12.8. The molecule has 0 fully saturated rings. The summed E-state index contributed by atoms with van der Waals surface area (Å²) in [6.07, 6.45) is 0. The molecule has 2 N–H and O–H groups in total. The maximum Gasteiger partial charge on any atom is 0.337 e. The Hall–Kier alpha value is -2.32. The number of carboxylic acids is 1. The van der Waals surface area contributed by atoms with Crippen molar-refractivity contribution >= 4 is 39.2 Å². The van der Waals surface area contributed by atoms with Crippen LogP contribution in [0, 0.1) is 0 Å². The Morgan fingerprint density at radius 3 is 1.97 bits per heavy atom. The maximum atomic E-state index is 12.8. The molecule has 5 nitrogen and oxygen atoms in total. The van der Waals surface area contributed by atoms with Gasteiger partial charge in [-0.05, 0) is 47.5 Å². The molecule has 0 bridgehead atoms. The zero-order valence-electron chi connectivity index (χ0n) is 15.7. The van der Waals surface area contributed by atoms with Crippen molar-refractivity contribution in [2.24, 2.45) is 0 Å². The molecule has 0 aliphatic carbocycles. The molecule has 3 aromatic carbocycles. The van der Waals surface area contributed by atoms with Gasteiger partial charge >= 0.3 is 5.97 Å². The van der Waals surface area contributed by atoms with Gasteiger partial charge in [-0.1, -0.05) is 54.1 Å². The first-order valence-electron chi connectivity index (χ1n) is 8.92. The number of sulfone groups is 1. The number of aliphatic carboxylic acids is 1. The van der Waals surface area contributed by atoms with Gasteiger partial charge in [0.1, 0.15) is 0 Å². The molecule has 30 heavy (non-hydrogen) atoms. The second-order valence-corrected chi connectivity index (χ2v) is 10.2. The smallest absolute Gasteiger partial charge is 0.337 e. The number of thioether (sulfide) groups is 1. The van der Waals surface area contributed by atoms with E-state index in [1.807, 2.05) is 18.2 Å². The monoisotopic (exact) mass is 462 g/mol. The molecule has 0 aliphatic heterocycles. The van der Waals surface area contributed by atoms with E-state index in [2.05, 4.69) is 0 Å². The predicted molar refractivity (Wildman–Crippen MR) is 119 cm³/mol. The van der Waals surface area contributed by atoms with Crippen LogP contribution in [0.3, 0.4) is 0 Å². The number of hydrogen-bond acceptors (Lipinski definition) is 5. The van der Waals surface area contributed by atoms with Crippen LogP contribution in [-0.4, -0.2) is 41.7 Å². The summed E-state index contributed by atoms with van der Waals surface area (Å²) in [4.78, 5) is 12.4. The largest absolute Gasteiger partial charge is 0.479 e. The van der Waals surface area contributed by atoms with Crippen molar-refractivity contribution < 1.29 is 23.4 Å². The fourth-order valence-electron chi connectivity index (χ4n) is 2.78. The Morgan fingerprint density at radius 1 is 0.900 bits per heavy atom. The van der Waals surface area contributed by atoms with Crippen LogP contribution in [0.2, 0.25) is 5.02 Å². The van der Waals surface area contributed by atoms with E-state index in [0.717, 1.165) is 27.8 Å². The highest BCUT2D eigenvalue weighted by atomic mass is 35.5. The molecule has 0 unspecified atom stereocenters. The van der Waals surface area contributed by atoms with Crippen molar-refractivity contribution in [2.75, 3.05) is 11.5 Å². The van der Waals surface area contributed by atoms with E-state index in [4.69, 9.17) is 11.6 Å². The van der Waals surface area contributed by atoms with E-state index in [-0.39, 0.29) is 10.6 Å². The summed E-state index contributed by atoms with van der Waals surface area (Å²) in [5.41, 5.74) is -0.767. The van der Waals surface area contributed by atoms with Crippen LogP contribution in [0.5, 0.6) is 0 Å². The van der Waals surface area contributed by atoms with Crippen molar-refractivity contribution in [3.05, 3.63) is 83.9 Å². The highest BCUT2D eigenvalue weighted by Gasteiger charge is 2.41. The zero-order chi connectivity index (χ0) is 21.8. The second-order valence-electron chi connectivity index (χ2n) is 6.73. The normalized spacial score (nSPS) is 13.5. The van der Waals surface area contributed by atoms with Gasteiger partial charge in [0.15, 0.2) is 15.4 Å². The third kappa shape index (κ3) is 5.43. The lowest BCUT2D eigenvalue weighted by Crippen LogP contribution is -2.47. The molecular formula is C22H19ClO5S2. The van der Waals surface area contributed by atoms with Gasteiger partial charge in [0, 0.05) is 15.7 Å². The van der Waals surface area contributed by atoms with Crippen LogP contribution in [0.15, 0.2) is 88.7 Å². The third-order valence-corrected chi connectivity index (χ3v) is 7.77. The topological polar surface area (TPSA) is 91.7 Å². The van der Waals surface area contributed by atoms with Gasteiger partial charge < -0.3 is 10.2 Å². The first-order chi connectivity index (χ1) is 14.2. The molecule has 0 aromatic heterocycles. The van der Waals surface area contributed by atoms with Crippen molar-refractivity contribution in [1.29, 1.82) is 0 Å². The molecular weight excluding hydrogens is 444 g/mol. The highest BCUT2D eigenvalue weighted by Crippen LogP contribution is 2.27. The molecule has 8 heteroatoms. The number of benzene rings is 3. The van der Waals surface area contributed by atoms with Crippen molar-refractivity contribution in [3.8, 4) is 11.1 Å². The number of rotatable bonds is 8. The van der Waals surface area contributed by atoms with Crippen LogP contribution >= 0.6 is 23.4 Å². The minimum atomic E-state index is -4.04. The van der Waals surface area contributed by atoms with Gasteiger partial charge in [0.25, 0.3) is 0 Å². The predicted octanol–water partition coefficient (Wildman–Crippen LogP) is 4.39. The quantitative estimate of drug-likeness (QED) is 0.482. The molecule has 0 radical (unpaired) electrons. The molecule has 0 saturated heterocycles. The number of aliphatic hydroxyl groups is 1. The number of carbonyl (C=O) groups is 1. The van der Waals surface area contributed by atoms with E-state index in [1.165, 1.54) is 12.1 Å². The van der Waals surface area contributed by atoms with Crippen molar-refractivity contribution in [3.63, 3.8) is 0 Å². The lowest BCUT2D eigenvalue weighted by atomic mass is 10.1. The van der Waals surface area contributed by atoms with Gasteiger partial charge in [0.2, 0.25) is 0 Å². The van der Waals surface area contributed by atoms with E-state index in [9.17, 15) is 23.4 Å². The Morgan fingerprint density at radius 2 is 1.43 bits per heavy atom. The van der Waals surface area contributed by atoms with Gasteiger partial charge in [-0.2, -0.15) is 0 Å². The molecule has 3 aromatic rings. The molecule has 3 rings (SSSR count). The first-order valence-corrected chi connectivity index (χ1v) is 11.9. The van der Waals surface area contributed by atoms with Crippen LogP contribution in [-0.2, 0) is 14.6 Å².